The lowest BCUT2D eigenvalue weighted by molar-refractivity contribution is -0.145. The van der Waals surface area contributed by atoms with E-state index in [2.05, 4.69) is 0 Å². The monoisotopic (exact) mass is 306 g/mol. The maximum Gasteiger partial charge on any atom is 0.347 e. The molecule has 0 amide bonds. The van der Waals surface area contributed by atoms with Crippen LogP contribution in [-0.2, 0) is 14.3 Å². The zero-order valence-corrected chi connectivity index (χ0v) is 12.3. The minimum absolute atomic E-state index is 0.299. The van der Waals surface area contributed by atoms with E-state index >= 15 is 0 Å². The highest BCUT2D eigenvalue weighted by Gasteiger charge is 2.31. The first-order chi connectivity index (χ1) is 11.2. The Labute approximate surface area is 132 Å². The fourth-order valence-electron chi connectivity index (χ4n) is 3.01. The molecule has 0 saturated carbocycles. The Kier molecular flexibility index (Phi) is 3.23. The van der Waals surface area contributed by atoms with Crippen molar-refractivity contribution in [3.63, 3.8) is 0 Å². The van der Waals surface area contributed by atoms with Gasteiger partial charge in [0.2, 0.25) is 6.10 Å². The van der Waals surface area contributed by atoms with E-state index in [-0.39, 0.29) is 0 Å². The summed E-state index contributed by atoms with van der Waals surface area (Å²) >= 11 is 0. The third kappa shape index (κ3) is 2.32. The molecule has 23 heavy (non-hydrogen) atoms. The summed E-state index contributed by atoms with van der Waals surface area (Å²) in [7, 11) is 0. The van der Waals surface area contributed by atoms with Crippen molar-refractivity contribution in [1.29, 1.82) is 0 Å². The molecule has 1 aliphatic rings. The van der Waals surface area contributed by atoms with Gasteiger partial charge in [0.05, 0.1) is 12.2 Å². The van der Waals surface area contributed by atoms with E-state index < -0.39 is 18.0 Å². The predicted octanol–water partition coefficient (Wildman–Crippen LogP) is 3.47. The number of hydrogen-bond donors (Lipinski definition) is 0. The van der Waals surface area contributed by atoms with Crippen LogP contribution >= 0.6 is 0 Å². The molecule has 3 aromatic rings. The Morgan fingerprint density at radius 3 is 2.17 bits per heavy atom. The second-order valence-electron chi connectivity index (χ2n) is 5.54. The standard InChI is InChI=1S/C19H14O4/c20-18-16(9-10-22-18)23-19(21)17-14-7-3-1-5-12(14)11-13-6-2-4-8-15(13)17/h1-8,11,16H,9-10H2/t16-/m0/s1. The second kappa shape index (κ2) is 5.39. The maximum absolute atomic E-state index is 12.7. The van der Waals surface area contributed by atoms with Crippen LogP contribution in [0.4, 0.5) is 0 Å². The molecule has 1 atom stereocenters. The highest BCUT2D eigenvalue weighted by Crippen LogP contribution is 2.29. The van der Waals surface area contributed by atoms with Gasteiger partial charge in [0.1, 0.15) is 0 Å². The fraction of sp³-hybridized carbons (Fsp3) is 0.158. The number of ether oxygens (including phenoxy) is 2. The topological polar surface area (TPSA) is 52.6 Å². The van der Waals surface area contributed by atoms with Gasteiger partial charge in [0.25, 0.3) is 0 Å². The van der Waals surface area contributed by atoms with Crippen LogP contribution in [0, 0.1) is 0 Å². The molecule has 1 fully saturated rings. The van der Waals surface area contributed by atoms with Crippen molar-refractivity contribution in [2.24, 2.45) is 0 Å². The highest BCUT2D eigenvalue weighted by atomic mass is 16.6. The largest absolute Gasteiger partial charge is 0.463 e. The van der Waals surface area contributed by atoms with E-state index in [1.807, 2.05) is 54.6 Å². The maximum atomic E-state index is 12.7. The molecule has 0 aliphatic carbocycles. The van der Waals surface area contributed by atoms with Crippen molar-refractivity contribution in [3.05, 3.63) is 60.2 Å². The van der Waals surface area contributed by atoms with Crippen molar-refractivity contribution in [3.8, 4) is 0 Å². The number of hydrogen-bond acceptors (Lipinski definition) is 4. The Morgan fingerprint density at radius 1 is 1.00 bits per heavy atom. The van der Waals surface area contributed by atoms with E-state index in [4.69, 9.17) is 9.47 Å². The molecule has 0 N–H and O–H groups in total. The third-order valence-electron chi connectivity index (χ3n) is 4.11. The smallest absolute Gasteiger partial charge is 0.347 e. The molecule has 3 aromatic carbocycles. The summed E-state index contributed by atoms with van der Waals surface area (Å²) in [5.41, 5.74) is 0.499. The Morgan fingerprint density at radius 2 is 1.61 bits per heavy atom. The minimum atomic E-state index is -0.805. The first-order valence-corrected chi connectivity index (χ1v) is 7.52. The van der Waals surface area contributed by atoms with Gasteiger partial charge in [-0.3, -0.25) is 0 Å². The van der Waals surface area contributed by atoms with Gasteiger partial charge in [-0.25, -0.2) is 9.59 Å². The third-order valence-corrected chi connectivity index (χ3v) is 4.11. The van der Waals surface area contributed by atoms with Crippen molar-refractivity contribution in [2.75, 3.05) is 6.61 Å². The SMILES string of the molecule is O=C(O[C@H]1CCOC1=O)c1c2ccccc2cc2ccccc12. The average Bonchev–Trinajstić information content (AvgIpc) is 2.97. The van der Waals surface area contributed by atoms with Gasteiger partial charge in [0, 0.05) is 6.42 Å². The van der Waals surface area contributed by atoms with Crippen molar-refractivity contribution in [1.82, 2.24) is 0 Å². The van der Waals surface area contributed by atoms with E-state index in [9.17, 15) is 9.59 Å². The molecule has 1 saturated heterocycles. The molecule has 4 nitrogen and oxygen atoms in total. The van der Waals surface area contributed by atoms with Crippen LogP contribution in [0.3, 0.4) is 0 Å². The summed E-state index contributed by atoms with van der Waals surface area (Å²) < 4.78 is 10.3. The Hall–Kier alpha value is -2.88. The summed E-state index contributed by atoms with van der Waals surface area (Å²) in [6.07, 6.45) is -0.395. The normalized spacial score (nSPS) is 17.4. The average molecular weight is 306 g/mol. The summed E-state index contributed by atoms with van der Waals surface area (Å²) in [5.74, 6) is -0.954. The zero-order chi connectivity index (χ0) is 15.8. The van der Waals surface area contributed by atoms with Crippen LogP contribution in [0.2, 0.25) is 0 Å². The lowest BCUT2D eigenvalue weighted by atomic mass is 9.97. The number of rotatable bonds is 2. The Balaban J connectivity index is 1.88. The number of carbonyl (C=O) groups is 2. The molecular formula is C19H14O4. The van der Waals surface area contributed by atoms with Crippen molar-refractivity contribution in [2.45, 2.75) is 12.5 Å². The highest BCUT2D eigenvalue weighted by molar-refractivity contribution is 6.16. The van der Waals surface area contributed by atoms with Gasteiger partial charge in [-0.2, -0.15) is 0 Å². The van der Waals surface area contributed by atoms with Gasteiger partial charge in [-0.05, 0) is 27.6 Å². The molecule has 114 valence electrons. The van der Waals surface area contributed by atoms with Crippen LogP contribution in [0.1, 0.15) is 16.8 Å². The lowest BCUT2D eigenvalue weighted by Crippen LogP contribution is -2.23. The molecule has 4 rings (SSSR count). The predicted molar refractivity (Wildman–Crippen MR) is 86.2 cm³/mol. The summed E-state index contributed by atoms with van der Waals surface area (Å²) in [6.45, 7) is 0.299. The molecule has 0 bridgehead atoms. The molecule has 0 spiro atoms. The first kappa shape index (κ1) is 13.8. The molecule has 0 aromatic heterocycles. The number of fused-ring (bicyclic) bond motifs is 2. The van der Waals surface area contributed by atoms with Gasteiger partial charge in [0.15, 0.2) is 0 Å². The number of benzene rings is 3. The quantitative estimate of drug-likeness (QED) is 0.537. The molecule has 0 unspecified atom stereocenters. The number of esters is 2. The van der Waals surface area contributed by atoms with Gasteiger partial charge in [-0.15, -0.1) is 0 Å². The molecule has 4 heteroatoms. The van der Waals surface area contributed by atoms with E-state index in [1.54, 1.807) is 0 Å². The van der Waals surface area contributed by atoms with Crippen LogP contribution < -0.4 is 0 Å². The molecule has 1 aliphatic heterocycles. The molecular weight excluding hydrogens is 292 g/mol. The van der Waals surface area contributed by atoms with Gasteiger partial charge in [-0.1, -0.05) is 48.5 Å². The zero-order valence-electron chi connectivity index (χ0n) is 12.3. The first-order valence-electron chi connectivity index (χ1n) is 7.52. The summed E-state index contributed by atoms with van der Waals surface area (Å²) in [6, 6.07) is 17.4. The fourth-order valence-corrected chi connectivity index (χ4v) is 3.01. The van der Waals surface area contributed by atoms with Gasteiger partial charge >= 0.3 is 11.9 Å². The van der Waals surface area contributed by atoms with Crippen molar-refractivity contribution >= 4 is 33.5 Å². The van der Waals surface area contributed by atoms with E-state index in [1.165, 1.54) is 0 Å². The minimum Gasteiger partial charge on any atom is -0.463 e. The van der Waals surface area contributed by atoms with E-state index in [0.29, 0.717) is 18.6 Å². The molecule has 0 radical (unpaired) electrons. The lowest BCUT2D eigenvalue weighted by Gasteiger charge is -2.13. The number of carbonyl (C=O) groups excluding carboxylic acids is 2. The van der Waals surface area contributed by atoms with Gasteiger partial charge < -0.3 is 9.47 Å². The van der Waals surface area contributed by atoms with Crippen LogP contribution in [0.25, 0.3) is 21.5 Å². The summed E-state index contributed by atoms with van der Waals surface area (Å²) in [5, 5.41) is 3.57. The van der Waals surface area contributed by atoms with Crippen LogP contribution in [0.5, 0.6) is 0 Å². The van der Waals surface area contributed by atoms with E-state index in [0.717, 1.165) is 21.5 Å². The second-order valence-corrected chi connectivity index (χ2v) is 5.54. The van der Waals surface area contributed by atoms with Crippen LogP contribution in [-0.4, -0.2) is 24.6 Å². The Bertz CT molecular complexity index is 875. The van der Waals surface area contributed by atoms with Crippen LogP contribution in [0.15, 0.2) is 54.6 Å². The van der Waals surface area contributed by atoms with Crippen molar-refractivity contribution < 1.29 is 19.1 Å². The molecule has 1 heterocycles. The number of cyclic esters (lactones) is 1. The summed E-state index contributed by atoms with van der Waals surface area (Å²) in [4.78, 5) is 24.3.